The molecule has 0 atom stereocenters. The second kappa shape index (κ2) is 14.2. The van der Waals surface area contributed by atoms with Crippen LogP contribution in [0.5, 0.6) is 0 Å². The molecule has 0 saturated heterocycles. The lowest BCUT2D eigenvalue weighted by atomic mass is 10.0. The zero-order valence-electron chi connectivity index (χ0n) is 29.1. The summed E-state index contributed by atoms with van der Waals surface area (Å²) < 4.78 is 2.32. The highest BCUT2D eigenvalue weighted by atomic mass is 15.1. The van der Waals surface area contributed by atoms with E-state index in [1.807, 2.05) is 6.07 Å². The van der Waals surface area contributed by atoms with Gasteiger partial charge in [-0.2, -0.15) is 0 Å². The minimum Gasteiger partial charge on any atom is -0.344 e. The average Bonchev–Trinajstić information content (AvgIpc) is 3.51. The van der Waals surface area contributed by atoms with E-state index in [1.54, 1.807) is 0 Å². The number of benzene rings is 8. The Morgan fingerprint density at radius 3 is 1.55 bits per heavy atom. The van der Waals surface area contributed by atoms with Gasteiger partial charge in [0.15, 0.2) is 0 Å². The van der Waals surface area contributed by atoms with Gasteiger partial charge in [0.05, 0.1) is 0 Å². The minimum absolute atomic E-state index is 1.12. The van der Waals surface area contributed by atoms with Crippen LogP contribution < -0.4 is 4.90 Å². The number of aryl methyl sites for hydroxylation is 2. The van der Waals surface area contributed by atoms with E-state index in [1.165, 1.54) is 60.4 Å². The normalized spacial score (nSPS) is 11.0. The fourth-order valence-corrected chi connectivity index (χ4v) is 7.13. The Balaban J connectivity index is 0.000000415. The highest BCUT2D eigenvalue weighted by molar-refractivity contribution is 6.21. The van der Waals surface area contributed by atoms with Crippen molar-refractivity contribution in [2.45, 2.75) is 13.3 Å². The number of hydrogen-bond acceptors (Lipinski definition) is 1. The molecule has 0 radical (unpaired) electrons. The monoisotopic (exact) mass is 656 g/mol. The Morgan fingerprint density at radius 1 is 0.412 bits per heavy atom. The number of para-hydroxylation sites is 1. The van der Waals surface area contributed by atoms with Crippen LogP contribution >= 0.6 is 0 Å². The maximum Gasteiger partial charge on any atom is 0.0495 e. The van der Waals surface area contributed by atoms with Crippen molar-refractivity contribution in [1.82, 2.24) is 4.57 Å². The molecular formula is C49H40N2. The minimum atomic E-state index is 1.12. The van der Waals surface area contributed by atoms with E-state index in [0.717, 1.165) is 23.5 Å². The van der Waals surface area contributed by atoms with Gasteiger partial charge in [-0.3, -0.25) is 0 Å². The van der Waals surface area contributed by atoms with E-state index in [-0.39, 0.29) is 0 Å². The third-order valence-corrected chi connectivity index (χ3v) is 9.85. The zero-order valence-corrected chi connectivity index (χ0v) is 29.1. The van der Waals surface area contributed by atoms with Crippen LogP contribution in [0.25, 0.3) is 54.8 Å². The summed E-state index contributed by atoms with van der Waals surface area (Å²) in [6.07, 6.45) is 1.14. The van der Waals surface area contributed by atoms with Crippen LogP contribution in [0.1, 0.15) is 12.5 Å². The van der Waals surface area contributed by atoms with Gasteiger partial charge >= 0.3 is 0 Å². The smallest absolute Gasteiger partial charge is 0.0495 e. The summed E-state index contributed by atoms with van der Waals surface area (Å²) in [5, 5.41) is 5.21. The number of aromatic nitrogens is 1. The van der Waals surface area contributed by atoms with Gasteiger partial charge in [0.25, 0.3) is 0 Å². The molecule has 2 nitrogen and oxygen atoms in total. The second-order valence-electron chi connectivity index (χ2n) is 12.9. The molecule has 0 unspecified atom stereocenters. The van der Waals surface area contributed by atoms with Crippen molar-refractivity contribution in [2.75, 3.05) is 4.90 Å². The Bertz CT molecular complexity index is 2530. The summed E-state index contributed by atoms with van der Waals surface area (Å²) in [5.41, 5.74) is 12.2. The van der Waals surface area contributed by atoms with E-state index in [9.17, 15) is 0 Å². The maximum atomic E-state index is 2.33. The molecular weight excluding hydrogens is 617 g/mol. The fraction of sp³-hybridized carbons (Fsp3) is 0.0612. The molecule has 0 spiro atoms. The molecule has 0 fully saturated rings. The SMILES string of the molecule is CCc1ccccc1.Cn1c2cc(-c3ccc(N(c4ccccc4)c4ccc(-c5ccccc5)cc4)cc3)ccc2c2c3ccccc3ccc21. The first-order chi connectivity index (χ1) is 25.2. The molecule has 51 heavy (non-hydrogen) atoms. The van der Waals surface area contributed by atoms with Gasteiger partial charge in [-0.1, -0.05) is 153 Å². The molecule has 1 aromatic heterocycles. The number of hydrogen-bond donors (Lipinski definition) is 0. The van der Waals surface area contributed by atoms with Crippen molar-refractivity contribution >= 4 is 49.6 Å². The van der Waals surface area contributed by atoms with Gasteiger partial charge in [0.2, 0.25) is 0 Å². The van der Waals surface area contributed by atoms with Crippen LogP contribution in [0, 0.1) is 0 Å². The van der Waals surface area contributed by atoms with Gasteiger partial charge < -0.3 is 9.47 Å². The van der Waals surface area contributed by atoms with Gasteiger partial charge in [-0.15, -0.1) is 0 Å². The van der Waals surface area contributed by atoms with E-state index < -0.39 is 0 Å². The largest absolute Gasteiger partial charge is 0.344 e. The Kier molecular flexibility index (Phi) is 8.89. The van der Waals surface area contributed by atoms with E-state index >= 15 is 0 Å². The Hall–Kier alpha value is -6.38. The highest BCUT2D eigenvalue weighted by Crippen LogP contribution is 2.39. The van der Waals surface area contributed by atoms with Crippen LogP contribution in [0.3, 0.4) is 0 Å². The van der Waals surface area contributed by atoms with Crippen LogP contribution in [-0.4, -0.2) is 4.57 Å². The lowest BCUT2D eigenvalue weighted by molar-refractivity contribution is 1.01. The summed E-state index contributed by atoms with van der Waals surface area (Å²) in [4.78, 5) is 2.32. The molecule has 246 valence electrons. The van der Waals surface area contributed by atoms with E-state index in [4.69, 9.17) is 0 Å². The van der Waals surface area contributed by atoms with E-state index in [0.29, 0.717) is 0 Å². The predicted octanol–water partition coefficient (Wildman–Crippen LogP) is 13.5. The third kappa shape index (κ3) is 6.40. The van der Waals surface area contributed by atoms with Gasteiger partial charge in [-0.25, -0.2) is 0 Å². The fourth-order valence-electron chi connectivity index (χ4n) is 7.13. The molecule has 0 N–H and O–H groups in total. The zero-order chi connectivity index (χ0) is 34.6. The quantitative estimate of drug-likeness (QED) is 0.173. The molecule has 0 aliphatic rings. The molecule has 0 bridgehead atoms. The summed E-state index contributed by atoms with van der Waals surface area (Å²) in [5.74, 6) is 0. The Labute approximate surface area is 300 Å². The third-order valence-electron chi connectivity index (χ3n) is 9.85. The molecule has 1 heterocycles. The lowest BCUT2D eigenvalue weighted by Gasteiger charge is -2.26. The van der Waals surface area contributed by atoms with E-state index in [2.05, 4.69) is 211 Å². The van der Waals surface area contributed by atoms with Crippen molar-refractivity contribution in [3.63, 3.8) is 0 Å². The first kappa shape index (κ1) is 31.9. The highest BCUT2D eigenvalue weighted by Gasteiger charge is 2.15. The molecule has 0 aliphatic carbocycles. The average molecular weight is 657 g/mol. The molecule has 9 aromatic rings. The topological polar surface area (TPSA) is 8.17 Å². The van der Waals surface area contributed by atoms with Crippen LogP contribution in [0.4, 0.5) is 17.1 Å². The van der Waals surface area contributed by atoms with Crippen molar-refractivity contribution in [1.29, 1.82) is 0 Å². The first-order valence-corrected chi connectivity index (χ1v) is 17.7. The van der Waals surface area contributed by atoms with Crippen molar-refractivity contribution < 1.29 is 0 Å². The van der Waals surface area contributed by atoms with Gasteiger partial charge in [-0.05, 0) is 93.5 Å². The predicted molar refractivity (Wildman–Crippen MR) is 219 cm³/mol. The molecule has 0 amide bonds. The summed E-state index contributed by atoms with van der Waals surface area (Å²) >= 11 is 0. The molecule has 9 rings (SSSR count). The van der Waals surface area contributed by atoms with Crippen molar-refractivity contribution in [2.24, 2.45) is 7.05 Å². The molecule has 8 aromatic carbocycles. The summed E-state index contributed by atoms with van der Waals surface area (Å²) in [6, 6.07) is 69.4. The number of nitrogens with zero attached hydrogens (tertiary/aromatic N) is 2. The van der Waals surface area contributed by atoms with Crippen molar-refractivity contribution in [3.8, 4) is 22.3 Å². The first-order valence-electron chi connectivity index (χ1n) is 17.7. The van der Waals surface area contributed by atoms with Crippen LogP contribution in [-0.2, 0) is 13.5 Å². The van der Waals surface area contributed by atoms with Gasteiger partial charge in [0, 0.05) is 45.9 Å². The lowest BCUT2D eigenvalue weighted by Crippen LogP contribution is -2.09. The Morgan fingerprint density at radius 2 is 0.922 bits per heavy atom. The van der Waals surface area contributed by atoms with Gasteiger partial charge in [0.1, 0.15) is 0 Å². The standard InChI is InChI=1S/C41H30N2.C8H10/c1-42-39-27-21-32-12-8-9-15-37(32)41(39)38-26-20-33(28-40(38)42)31-18-24-36(25-19-31)43(34-13-6-3-7-14-34)35-22-16-30(17-23-35)29-10-4-2-5-11-29;1-2-8-6-4-3-5-7-8/h2-28H,1H3;3-7H,2H2,1H3. The van der Waals surface area contributed by atoms with Crippen molar-refractivity contribution in [3.05, 3.63) is 200 Å². The van der Waals surface area contributed by atoms with Crippen LogP contribution in [0.2, 0.25) is 0 Å². The number of rotatable bonds is 6. The maximum absolute atomic E-state index is 2.33. The summed E-state index contributed by atoms with van der Waals surface area (Å²) in [6.45, 7) is 2.16. The molecule has 0 saturated carbocycles. The molecule has 2 heteroatoms. The summed E-state index contributed by atoms with van der Waals surface area (Å²) in [7, 11) is 2.17. The number of fused-ring (bicyclic) bond motifs is 5. The van der Waals surface area contributed by atoms with Crippen LogP contribution in [0.15, 0.2) is 194 Å². The number of anilines is 3. The molecule has 0 aliphatic heterocycles. The second-order valence-corrected chi connectivity index (χ2v) is 12.9.